The summed E-state index contributed by atoms with van der Waals surface area (Å²) in [6.45, 7) is 2.01. The minimum atomic E-state index is -0.874. The summed E-state index contributed by atoms with van der Waals surface area (Å²) in [6.07, 6.45) is 1.61. The Morgan fingerprint density at radius 3 is 2.07 bits per heavy atom. The lowest BCUT2D eigenvalue weighted by atomic mass is 9.77. The van der Waals surface area contributed by atoms with Gasteiger partial charge in [0.25, 0.3) is 0 Å². The van der Waals surface area contributed by atoms with Gasteiger partial charge in [0.15, 0.2) is 23.2 Å². The van der Waals surface area contributed by atoms with Gasteiger partial charge in [-0.2, -0.15) is 0 Å². The Kier molecular flexibility index (Phi) is 7.40. The predicted octanol–water partition coefficient (Wildman–Crippen LogP) is 4.92. The summed E-state index contributed by atoms with van der Waals surface area (Å²) in [5, 5.41) is 14.8. The number of imidazole rings is 1. The van der Waals surface area contributed by atoms with Gasteiger partial charge in [-0.05, 0) is 35.2 Å². The van der Waals surface area contributed by atoms with Crippen LogP contribution < -0.4 is 10.1 Å². The molecule has 2 N–H and O–H groups in total. The number of hydrogen-bond donors (Lipinski definition) is 2. The van der Waals surface area contributed by atoms with Crippen molar-refractivity contribution < 1.29 is 19.3 Å². The minimum Gasteiger partial charge on any atom is -0.497 e. The highest BCUT2D eigenvalue weighted by molar-refractivity contribution is 5.84. The number of rotatable bonds is 9. The molecule has 2 unspecified atom stereocenters. The number of aliphatic hydroxyl groups excluding tert-OH is 1. The van der Waals surface area contributed by atoms with E-state index in [-0.39, 0.29) is 6.10 Å². The molecule has 1 fully saturated rings. The monoisotopic (exact) mass is 551 g/mol. The second-order valence-electron chi connectivity index (χ2n) is 10.0. The van der Waals surface area contributed by atoms with Crippen molar-refractivity contribution in [2.24, 2.45) is 0 Å². The number of aromatic nitrogens is 4. The van der Waals surface area contributed by atoms with Crippen LogP contribution in [0.4, 0.5) is 5.82 Å². The van der Waals surface area contributed by atoms with Gasteiger partial charge in [0.05, 0.1) is 19.5 Å². The van der Waals surface area contributed by atoms with Crippen molar-refractivity contribution in [2.75, 3.05) is 19.5 Å². The molecule has 1 saturated heterocycles. The average molecular weight is 552 g/mol. The number of anilines is 1. The topological polar surface area (TPSA) is 104 Å². The molecule has 3 heterocycles. The maximum absolute atomic E-state index is 11.1. The van der Waals surface area contributed by atoms with Gasteiger partial charge in [-0.25, -0.2) is 15.0 Å². The van der Waals surface area contributed by atoms with Crippen LogP contribution in [0.25, 0.3) is 11.2 Å². The van der Waals surface area contributed by atoms with Gasteiger partial charge in [-0.15, -0.1) is 0 Å². The fourth-order valence-corrected chi connectivity index (χ4v) is 5.81. The Hall–Kier alpha value is -4.31. The van der Waals surface area contributed by atoms with Gasteiger partial charge < -0.3 is 24.6 Å². The fraction of sp³-hybridized carbons (Fsp3) is 0.281. The fourth-order valence-electron chi connectivity index (χ4n) is 5.81. The van der Waals surface area contributed by atoms with Crippen LogP contribution in [0.5, 0.6) is 5.75 Å². The molecule has 3 aromatic carbocycles. The summed E-state index contributed by atoms with van der Waals surface area (Å²) < 4.78 is 19.0. The van der Waals surface area contributed by atoms with Crippen LogP contribution in [-0.2, 0) is 15.0 Å². The number of ether oxygens (including phenoxy) is 3. The highest BCUT2D eigenvalue weighted by atomic mass is 16.6. The molecule has 9 heteroatoms. The molecule has 0 saturated carbocycles. The van der Waals surface area contributed by atoms with Gasteiger partial charge in [0, 0.05) is 7.11 Å². The van der Waals surface area contributed by atoms with Crippen molar-refractivity contribution >= 4 is 17.0 Å². The Balaban J connectivity index is 1.51. The first-order chi connectivity index (χ1) is 20.1. The number of hydrogen-bond acceptors (Lipinski definition) is 8. The van der Waals surface area contributed by atoms with Gasteiger partial charge in [0.2, 0.25) is 0 Å². The molecule has 0 aliphatic carbocycles. The molecule has 0 amide bonds. The number of nitrogens with one attached hydrogen (secondary N) is 1. The molecular formula is C32H33N5O4. The summed E-state index contributed by atoms with van der Waals surface area (Å²) in [7, 11) is 3.25. The van der Waals surface area contributed by atoms with Crippen LogP contribution in [0.15, 0.2) is 97.6 Å². The van der Waals surface area contributed by atoms with Crippen molar-refractivity contribution in [2.45, 2.75) is 43.4 Å². The van der Waals surface area contributed by atoms with E-state index >= 15 is 0 Å². The zero-order chi connectivity index (χ0) is 28.4. The molecule has 0 spiro atoms. The van der Waals surface area contributed by atoms with Crippen LogP contribution in [0.1, 0.15) is 36.3 Å². The van der Waals surface area contributed by atoms with E-state index in [9.17, 15) is 5.11 Å². The van der Waals surface area contributed by atoms with E-state index < -0.39 is 24.0 Å². The molecule has 0 bridgehead atoms. The van der Waals surface area contributed by atoms with Crippen LogP contribution in [0.3, 0.4) is 0 Å². The Labute approximate surface area is 238 Å². The zero-order valence-electron chi connectivity index (χ0n) is 23.2. The first-order valence-corrected chi connectivity index (χ1v) is 13.7. The lowest BCUT2D eigenvalue weighted by Gasteiger charge is -2.37. The van der Waals surface area contributed by atoms with E-state index in [1.807, 2.05) is 55.5 Å². The van der Waals surface area contributed by atoms with Crippen LogP contribution in [0.2, 0.25) is 0 Å². The number of nitrogens with zero attached hydrogens (tertiary/aromatic N) is 4. The molecule has 210 valence electrons. The van der Waals surface area contributed by atoms with Gasteiger partial charge in [-0.3, -0.25) is 4.57 Å². The molecule has 9 nitrogen and oxygen atoms in total. The predicted molar refractivity (Wildman–Crippen MR) is 156 cm³/mol. The highest BCUT2D eigenvalue weighted by Gasteiger charge is 2.45. The first-order valence-electron chi connectivity index (χ1n) is 13.7. The second kappa shape index (κ2) is 11.3. The van der Waals surface area contributed by atoms with E-state index in [1.54, 1.807) is 25.1 Å². The van der Waals surface area contributed by atoms with E-state index in [0.717, 1.165) is 22.4 Å². The molecule has 6 rings (SSSR count). The molecule has 1 aliphatic heterocycles. The van der Waals surface area contributed by atoms with E-state index in [0.29, 0.717) is 23.4 Å². The Bertz CT molecular complexity index is 1550. The van der Waals surface area contributed by atoms with E-state index in [4.69, 9.17) is 19.2 Å². The molecule has 5 aromatic rings. The van der Waals surface area contributed by atoms with Crippen LogP contribution in [0, 0.1) is 0 Å². The Morgan fingerprint density at radius 2 is 1.51 bits per heavy atom. The number of aliphatic hydroxyl groups is 1. The molecule has 2 aromatic heterocycles. The maximum Gasteiger partial charge on any atom is 0.167 e. The van der Waals surface area contributed by atoms with Gasteiger partial charge >= 0.3 is 0 Å². The van der Waals surface area contributed by atoms with Crippen molar-refractivity contribution in [1.82, 2.24) is 19.5 Å². The largest absolute Gasteiger partial charge is 0.497 e. The Morgan fingerprint density at radius 1 is 0.878 bits per heavy atom. The average Bonchev–Trinajstić information content (AvgIpc) is 3.61. The van der Waals surface area contributed by atoms with Crippen molar-refractivity contribution in [3.63, 3.8) is 0 Å². The van der Waals surface area contributed by atoms with Gasteiger partial charge in [-0.1, -0.05) is 79.7 Å². The SMILES string of the molecule is CC[C@H]1O[C@@H](n2cnc3c(NC(c4ccccc4)(c4ccccc4)c4ccc(OC)cc4)ncnc32)C(O)C1OC. The summed E-state index contributed by atoms with van der Waals surface area (Å²) >= 11 is 0. The van der Waals surface area contributed by atoms with Gasteiger partial charge in [0.1, 0.15) is 29.8 Å². The van der Waals surface area contributed by atoms with Crippen molar-refractivity contribution in [3.05, 3.63) is 114 Å². The lowest BCUT2D eigenvalue weighted by molar-refractivity contribution is -0.0356. The third-order valence-electron chi connectivity index (χ3n) is 7.86. The summed E-state index contributed by atoms with van der Waals surface area (Å²) in [5.74, 6) is 1.31. The van der Waals surface area contributed by atoms with E-state index in [1.165, 1.54) is 6.33 Å². The number of fused-ring (bicyclic) bond motifs is 1. The second-order valence-corrected chi connectivity index (χ2v) is 10.0. The highest BCUT2D eigenvalue weighted by Crippen LogP contribution is 2.42. The summed E-state index contributed by atoms with van der Waals surface area (Å²) in [4.78, 5) is 13.9. The summed E-state index contributed by atoms with van der Waals surface area (Å²) in [6, 6.07) is 28.5. The third kappa shape index (κ3) is 4.61. The third-order valence-corrected chi connectivity index (χ3v) is 7.86. The van der Waals surface area contributed by atoms with E-state index in [2.05, 4.69) is 51.7 Å². The minimum absolute atomic E-state index is 0.240. The normalized spacial score (nSPS) is 20.8. The lowest BCUT2D eigenvalue weighted by Crippen LogP contribution is -2.38. The first kappa shape index (κ1) is 26.9. The number of benzene rings is 3. The van der Waals surface area contributed by atoms with Crippen LogP contribution >= 0.6 is 0 Å². The molecule has 1 aliphatic rings. The van der Waals surface area contributed by atoms with Crippen LogP contribution in [-0.4, -0.2) is 57.2 Å². The molecule has 41 heavy (non-hydrogen) atoms. The summed E-state index contributed by atoms with van der Waals surface area (Å²) in [5.41, 5.74) is 3.30. The zero-order valence-corrected chi connectivity index (χ0v) is 23.2. The van der Waals surface area contributed by atoms with Crippen molar-refractivity contribution in [3.8, 4) is 5.75 Å². The molecular weight excluding hydrogens is 518 g/mol. The quantitative estimate of drug-likeness (QED) is 0.249. The standard InChI is InChI=1S/C32H33N5O4/c1-4-25-28(40-3)27(38)31(41-25)37-20-35-26-29(33-19-34-30(26)37)36-32(21-11-7-5-8-12-21,22-13-9-6-10-14-22)23-15-17-24(39-2)18-16-23/h5-20,25,27-28,31,38H,4H2,1-3H3,(H,33,34,36)/t25-,27?,28?,31-/m1/s1. The van der Waals surface area contributed by atoms with Crippen molar-refractivity contribution in [1.29, 1.82) is 0 Å². The number of methoxy groups -OCH3 is 2. The smallest absolute Gasteiger partial charge is 0.167 e. The molecule has 0 radical (unpaired) electrons. The molecule has 4 atom stereocenters. The maximum atomic E-state index is 11.1.